The van der Waals surface area contributed by atoms with Gasteiger partial charge >= 0.3 is 5.97 Å². The second-order valence-corrected chi connectivity index (χ2v) is 6.25. The third kappa shape index (κ3) is 2.80. The number of amides is 1. The number of carbonyl (C=O) groups is 2. The molecular formula is C14H21N3O3S. The van der Waals surface area contributed by atoms with Crippen LogP contribution in [0.25, 0.3) is 0 Å². The first-order valence-electron chi connectivity index (χ1n) is 7.11. The molecule has 1 aliphatic heterocycles. The van der Waals surface area contributed by atoms with E-state index in [9.17, 15) is 14.7 Å². The Kier molecular flexibility index (Phi) is 4.63. The highest BCUT2D eigenvalue weighted by Gasteiger charge is 2.41. The van der Waals surface area contributed by atoms with Crippen molar-refractivity contribution in [2.24, 2.45) is 5.41 Å². The lowest BCUT2D eigenvalue weighted by Crippen LogP contribution is -2.48. The van der Waals surface area contributed by atoms with Gasteiger partial charge in [0.1, 0.15) is 10.6 Å². The molecule has 2 N–H and O–H groups in total. The minimum Gasteiger partial charge on any atom is -0.478 e. The number of nitrogens with one attached hydrogen (secondary N) is 1. The number of anilines is 1. The molecule has 0 radical (unpaired) electrons. The fraction of sp³-hybridized carbons (Fsp3) is 0.643. The third-order valence-electron chi connectivity index (χ3n) is 4.36. The summed E-state index contributed by atoms with van der Waals surface area (Å²) in [6.45, 7) is 5.32. The molecule has 7 heteroatoms. The van der Waals surface area contributed by atoms with Gasteiger partial charge in [-0.15, -0.1) is 0 Å². The Labute approximate surface area is 128 Å². The van der Waals surface area contributed by atoms with Crippen LogP contribution in [0.2, 0.25) is 0 Å². The van der Waals surface area contributed by atoms with Gasteiger partial charge in [0.05, 0.1) is 11.1 Å². The van der Waals surface area contributed by atoms with Crippen molar-refractivity contribution < 1.29 is 14.7 Å². The van der Waals surface area contributed by atoms with Gasteiger partial charge in [-0.25, -0.2) is 4.79 Å². The number of aromatic nitrogens is 1. The maximum Gasteiger partial charge on any atom is 0.340 e. The summed E-state index contributed by atoms with van der Waals surface area (Å²) in [5.74, 6) is -1.04. The van der Waals surface area contributed by atoms with Crippen LogP contribution in [0.3, 0.4) is 0 Å². The number of carboxylic acids is 1. The van der Waals surface area contributed by atoms with Gasteiger partial charge < -0.3 is 15.3 Å². The summed E-state index contributed by atoms with van der Waals surface area (Å²) < 4.78 is 4.09. The van der Waals surface area contributed by atoms with Crippen molar-refractivity contribution in [2.45, 2.75) is 33.1 Å². The number of hydrogen-bond acceptors (Lipinski definition) is 5. The Morgan fingerprint density at radius 2 is 2.05 bits per heavy atom. The molecule has 1 saturated heterocycles. The van der Waals surface area contributed by atoms with Gasteiger partial charge in [-0.05, 0) is 50.8 Å². The van der Waals surface area contributed by atoms with Gasteiger partial charge in [-0.1, -0.05) is 6.92 Å². The molecule has 1 aromatic heterocycles. The molecule has 116 valence electrons. The van der Waals surface area contributed by atoms with Crippen molar-refractivity contribution >= 4 is 28.4 Å². The van der Waals surface area contributed by atoms with Crippen LogP contribution in [0.1, 0.15) is 42.2 Å². The second kappa shape index (κ2) is 6.11. The normalized spacial score (nSPS) is 17.5. The summed E-state index contributed by atoms with van der Waals surface area (Å²) in [6.07, 6.45) is 2.33. The van der Waals surface area contributed by atoms with Crippen LogP contribution in [-0.4, -0.2) is 41.5 Å². The molecule has 1 aromatic rings. The third-order valence-corrected chi connectivity index (χ3v) is 5.38. The van der Waals surface area contributed by atoms with E-state index in [1.807, 2.05) is 6.92 Å². The van der Waals surface area contributed by atoms with Crippen molar-refractivity contribution in [1.29, 1.82) is 0 Å². The van der Waals surface area contributed by atoms with Crippen molar-refractivity contribution in [1.82, 2.24) is 9.69 Å². The lowest BCUT2D eigenvalue weighted by atomic mass is 9.75. The summed E-state index contributed by atoms with van der Waals surface area (Å²) in [7, 11) is 1.65. The van der Waals surface area contributed by atoms with Crippen LogP contribution in [-0.2, 0) is 4.79 Å². The van der Waals surface area contributed by atoms with E-state index < -0.39 is 11.4 Å². The number of carbonyl (C=O) groups excluding carboxylic acids is 1. The van der Waals surface area contributed by atoms with Crippen molar-refractivity contribution in [3.8, 4) is 0 Å². The Morgan fingerprint density at radius 3 is 2.57 bits per heavy atom. The number of nitrogens with zero attached hydrogens (tertiary/aromatic N) is 2. The van der Waals surface area contributed by atoms with Gasteiger partial charge in [0.25, 0.3) is 0 Å². The molecule has 0 unspecified atom stereocenters. The van der Waals surface area contributed by atoms with E-state index in [1.165, 1.54) is 4.90 Å². The van der Waals surface area contributed by atoms with E-state index in [-0.39, 0.29) is 11.5 Å². The van der Waals surface area contributed by atoms with E-state index in [1.54, 1.807) is 14.0 Å². The Hall–Kier alpha value is -1.47. The standard InChI is InChI=1S/C14H21N3O3S/c1-4-14(5-7-15-8-6-14)13(20)17(3)11-10(12(18)19)9(2)16-21-11/h15H,4-8H2,1-3H3,(H,18,19). The average Bonchev–Trinajstić information content (AvgIpc) is 2.88. The lowest BCUT2D eigenvalue weighted by Gasteiger charge is -2.38. The van der Waals surface area contributed by atoms with Gasteiger partial charge in [0.2, 0.25) is 5.91 Å². The number of carboxylic acid groups (broad SMARTS) is 1. The molecule has 2 rings (SSSR count). The van der Waals surface area contributed by atoms with E-state index in [0.717, 1.165) is 43.9 Å². The summed E-state index contributed by atoms with van der Waals surface area (Å²) in [5.41, 5.74) is 0.197. The first-order valence-corrected chi connectivity index (χ1v) is 7.88. The van der Waals surface area contributed by atoms with Crippen LogP contribution in [0.5, 0.6) is 0 Å². The molecule has 1 fully saturated rings. The monoisotopic (exact) mass is 311 g/mol. The summed E-state index contributed by atoms with van der Waals surface area (Å²) >= 11 is 1.07. The molecule has 0 atom stereocenters. The number of piperidine rings is 1. The van der Waals surface area contributed by atoms with E-state index in [0.29, 0.717) is 10.7 Å². The molecule has 0 spiro atoms. The Morgan fingerprint density at radius 1 is 1.43 bits per heavy atom. The second-order valence-electron chi connectivity index (χ2n) is 5.50. The maximum absolute atomic E-state index is 12.9. The van der Waals surface area contributed by atoms with Crippen molar-refractivity contribution in [3.05, 3.63) is 11.3 Å². The number of rotatable bonds is 4. The van der Waals surface area contributed by atoms with Crippen LogP contribution in [0.15, 0.2) is 0 Å². The first-order chi connectivity index (χ1) is 9.93. The molecule has 21 heavy (non-hydrogen) atoms. The molecule has 0 bridgehead atoms. The molecule has 0 aromatic carbocycles. The lowest BCUT2D eigenvalue weighted by molar-refractivity contribution is -0.129. The number of aromatic carboxylic acids is 1. The largest absolute Gasteiger partial charge is 0.478 e. The van der Waals surface area contributed by atoms with E-state index in [2.05, 4.69) is 9.69 Å². The van der Waals surface area contributed by atoms with Gasteiger partial charge in [0.15, 0.2) is 0 Å². The molecule has 2 heterocycles. The fourth-order valence-electron chi connectivity index (χ4n) is 2.90. The van der Waals surface area contributed by atoms with Crippen LogP contribution < -0.4 is 10.2 Å². The van der Waals surface area contributed by atoms with Crippen LogP contribution in [0.4, 0.5) is 5.00 Å². The zero-order chi connectivity index (χ0) is 15.6. The van der Waals surface area contributed by atoms with Crippen LogP contribution >= 0.6 is 11.5 Å². The number of hydrogen-bond donors (Lipinski definition) is 2. The maximum atomic E-state index is 12.9. The average molecular weight is 311 g/mol. The zero-order valence-corrected chi connectivity index (χ0v) is 13.4. The first kappa shape index (κ1) is 15.9. The minimum absolute atomic E-state index is 0.00218. The molecule has 1 aliphatic rings. The number of aryl methyl sites for hydroxylation is 1. The SMILES string of the molecule is CCC1(C(=O)N(C)c2snc(C)c2C(=O)O)CCNCC1. The van der Waals surface area contributed by atoms with Crippen LogP contribution in [0, 0.1) is 12.3 Å². The highest BCUT2D eigenvalue weighted by Crippen LogP contribution is 2.37. The highest BCUT2D eigenvalue weighted by molar-refractivity contribution is 7.11. The highest BCUT2D eigenvalue weighted by atomic mass is 32.1. The van der Waals surface area contributed by atoms with Gasteiger partial charge in [-0.2, -0.15) is 4.37 Å². The van der Waals surface area contributed by atoms with Gasteiger partial charge in [0, 0.05) is 7.05 Å². The molecule has 1 amide bonds. The predicted octanol–water partition coefficient (Wildman–Crippen LogP) is 1.89. The quantitative estimate of drug-likeness (QED) is 0.887. The Balaban J connectivity index is 2.33. The predicted molar refractivity (Wildman–Crippen MR) is 82.0 cm³/mol. The topological polar surface area (TPSA) is 82.5 Å². The van der Waals surface area contributed by atoms with Gasteiger partial charge in [-0.3, -0.25) is 4.79 Å². The Bertz CT molecular complexity index is 550. The molecule has 0 saturated carbocycles. The van der Waals surface area contributed by atoms with Crippen molar-refractivity contribution in [2.75, 3.05) is 25.0 Å². The minimum atomic E-state index is -1.04. The summed E-state index contributed by atoms with van der Waals surface area (Å²) in [6, 6.07) is 0. The summed E-state index contributed by atoms with van der Waals surface area (Å²) in [5, 5.41) is 13.0. The molecule has 6 nitrogen and oxygen atoms in total. The zero-order valence-electron chi connectivity index (χ0n) is 12.6. The molecule has 0 aliphatic carbocycles. The fourth-order valence-corrected chi connectivity index (χ4v) is 3.75. The van der Waals surface area contributed by atoms with Crippen molar-refractivity contribution in [3.63, 3.8) is 0 Å². The smallest absolute Gasteiger partial charge is 0.340 e. The van der Waals surface area contributed by atoms with E-state index in [4.69, 9.17) is 0 Å². The van der Waals surface area contributed by atoms with E-state index >= 15 is 0 Å². The summed E-state index contributed by atoms with van der Waals surface area (Å²) in [4.78, 5) is 25.8. The molecular weight excluding hydrogens is 290 g/mol.